The standard InChI is InChI=1S/C32H40N2O3S/c1-2-19-34(20-18-27-12-8-21-38-27)26-16-17-28-25(23-26)11-6-14-31(28)37-32(36)15-7-13-30(35)29(33)22-24-9-4-3-5-10-24/h3-6,8-12,14,21,26,29H,2,7,13,15-20,22-23,33H2,1H3. The zero-order chi connectivity index (χ0) is 26.7. The second-order valence-corrected chi connectivity index (χ2v) is 11.3. The number of hydrogen-bond donors (Lipinski definition) is 1. The van der Waals surface area contributed by atoms with Crippen molar-refractivity contribution in [3.05, 3.63) is 87.6 Å². The van der Waals surface area contributed by atoms with Gasteiger partial charge in [-0.1, -0.05) is 55.5 Å². The molecular weight excluding hydrogens is 492 g/mol. The van der Waals surface area contributed by atoms with Gasteiger partial charge in [-0.3, -0.25) is 14.5 Å². The molecule has 4 rings (SSSR count). The third-order valence-electron chi connectivity index (χ3n) is 7.41. The van der Waals surface area contributed by atoms with Gasteiger partial charge < -0.3 is 10.5 Å². The SMILES string of the molecule is CCCN(CCc1cccs1)C1CCc2c(cccc2OC(=O)CCCC(=O)C(N)Cc2ccccc2)C1. The van der Waals surface area contributed by atoms with E-state index in [-0.39, 0.29) is 24.6 Å². The second-order valence-electron chi connectivity index (χ2n) is 10.2. The smallest absolute Gasteiger partial charge is 0.311 e. The Bertz CT molecular complexity index is 1160. The van der Waals surface area contributed by atoms with Crippen molar-refractivity contribution in [1.82, 2.24) is 4.90 Å². The summed E-state index contributed by atoms with van der Waals surface area (Å²) in [6.45, 7) is 4.43. The van der Waals surface area contributed by atoms with Crippen molar-refractivity contribution in [1.29, 1.82) is 0 Å². The summed E-state index contributed by atoms with van der Waals surface area (Å²) in [5.41, 5.74) is 9.58. The van der Waals surface area contributed by atoms with Gasteiger partial charge in [0, 0.05) is 30.3 Å². The number of hydrogen-bond acceptors (Lipinski definition) is 6. The molecule has 0 radical (unpaired) electrons. The maximum Gasteiger partial charge on any atom is 0.311 e. The fraction of sp³-hybridized carbons (Fsp3) is 0.438. The molecule has 0 amide bonds. The molecule has 202 valence electrons. The van der Waals surface area contributed by atoms with E-state index in [0.717, 1.165) is 56.3 Å². The lowest BCUT2D eigenvalue weighted by molar-refractivity contribution is -0.134. The summed E-state index contributed by atoms with van der Waals surface area (Å²) in [5, 5.41) is 2.15. The quantitative estimate of drug-likeness (QED) is 0.211. The molecule has 38 heavy (non-hydrogen) atoms. The number of ether oxygens (including phenoxy) is 1. The maximum absolute atomic E-state index is 12.6. The fourth-order valence-corrected chi connectivity index (χ4v) is 6.08. The molecule has 1 aliphatic rings. The van der Waals surface area contributed by atoms with Crippen LogP contribution in [-0.2, 0) is 35.3 Å². The normalized spacial score (nSPS) is 15.7. The third kappa shape index (κ3) is 8.10. The van der Waals surface area contributed by atoms with Crippen LogP contribution in [-0.4, -0.2) is 41.8 Å². The zero-order valence-electron chi connectivity index (χ0n) is 22.4. The molecule has 0 saturated heterocycles. The van der Waals surface area contributed by atoms with Crippen LogP contribution in [0.15, 0.2) is 66.0 Å². The van der Waals surface area contributed by atoms with Gasteiger partial charge in [0.05, 0.1) is 6.04 Å². The number of esters is 1. The zero-order valence-corrected chi connectivity index (χ0v) is 23.3. The minimum atomic E-state index is -0.542. The summed E-state index contributed by atoms with van der Waals surface area (Å²) in [4.78, 5) is 29.1. The highest BCUT2D eigenvalue weighted by Crippen LogP contribution is 2.32. The molecule has 3 aromatic rings. The predicted molar refractivity (Wildman–Crippen MR) is 155 cm³/mol. The monoisotopic (exact) mass is 532 g/mol. The first kappa shape index (κ1) is 28.2. The molecule has 6 heteroatoms. The van der Waals surface area contributed by atoms with Gasteiger partial charge in [0.25, 0.3) is 0 Å². The van der Waals surface area contributed by atoms with Crippen molar-refractivity contribution in [2.45, 2.75) is 76.8 Å². The maximum atomic E-state index is 12.6. The van der Waals surface area contributed by atoms with Gasteiger partial charge >= 0.3 is 5.97 Å². The molecule has 0 fully saturated rings. The van der Waals surface area contributed by atoms with Crippen LogP contribution in [0.2, 0.25) is 0 Å². The van der Waals surface area contributed by atoms with Crippen molar-refractivity contribution in [2.24, 2.45) is 5.73 Å². The number of ketones is 1. The Kier molecular flexibility index (Phi) is 10.7. The van der Waals surface area contributed by atoms with Crippen LogP contribution in [0.5, 0.6) is 5.75 Å². The minimum absolute atomic E-state index is 0.0134. The van der Waals surface area contributed by atoms with E-state index in [9.17, 15) is 9.59 Å². The molecule has 0 saturated carbocycles. The van der Waals surface area contributed by atoms with Crippen LogP contribution in [0, 0.1) is 0 Å². The Labute approximate surface area is 231 Å². The van der Waals surface area contributed by atoms with Crippen LogP contribution in [0.4, 0.5) is 0 Å². The van der Waals surface area contributed by atoms with E-state index in [0.29, 0.717) is 24.6 Å². The summed E-state index contributed by atoms with van der Waals surface area (Å²) in [6.07, 6.45) is 6.68. The predicted octanol–water partition coefficient (Wildman–Crippen LogP) is 5.77. The molecule has 1 aliphatic carbocycles. The Morgan fingerprint density at radius 2 is 1.89 bits per heavy atom. The average Bonchev–Trinajstić information content (AvgIpc) is 3.45. The van der Waals surface area contributed by atoms with E-state index in [1.165, 1.54) is 10.4 Å². The number of nitrogens with zero attached hydrogens (tertiary/aromatic N) is 1. The summed E-state index contributed by atoms with van der Waals surface area (Å²) < 4.78 is 5.80. The van der Waals surface area contributed by atoms with Gasteiger partial charge in [0.1, 0.15) is 11.5 Å². The number of fused-ring (bicyclic) bond motifs is 1. The molecule has 1 heterocycles. The Morgan fingerprint density at radius 1 is 1.05 bits per heavy atom. The van der Waals surface area contributed by atoms with Crippen molar-refractivity contribution < 1.29 is 14.3 Å². The molecule has 1 aromatic heterocycles. The van der Waals surface area contributed by atoms with Crippen LogP contribution < -0.4 is 10.5 Å². The molecule has 0 aliphatic heterocycles. The molecule has 2 unspecified atom stereocenters. The van der Waals surface area contributed by atoms with Gasteiger partial charge in [-0.2, -0.15) is 0 Å². The van der Waals surface area contributed by atoms with Crippen molar-refractivity contribution >= 4 is 23.1 Å². The van der Waals surface area contributed by atoms with Crippen LogP contribution in [0.3, 0.4) is 0 Å². The van der Waals surface area contributed by atoms with Gasteiger partial charge in [-0.15, -0.1) is 11.3 Å². The number of carbonyl (C=O) groups is 2. The molecule has 2 N–H and O–H groups in total. The Balaban J connectivity index is 1.26. The number of rotatable bonds is 14. The fourth-order valence-electron chi connectivity index (χ4n) is 5.38. The molecule has 2 aromatic carbocycles. The lowest BCUT2D eigenvalue weighted by Gasteiger charge is -2.35. The largest absolute Gasteiger partial charge is 0.426 e. The second kappa shape index (κ2) is 14.4. The van der Waals surface area contributed by atoms with E-state index in [2.05, 4.69) is 35.4 Å². The molecule has 0 bridgehead atoms. The average molecular weight is 533 g/mol. The van der Waals surface area contributed by atoms with Crippen molar-refractivity contribution in [3.63, 3.8) is 0 Å². The lowest BCUT2D eigenvalue weighted by Crippen LogP contribution is -2.41. The van der Waals surface area contributed by atoms with Crippen LogP contribution >= 0.6 is 11.3 Å². The molecule has 5 nitrogen and oxygen atoms in total. The molecule has 0 spiro atoms. The minimum Gasteiger partial charge on any atom is -0.426 e. The van der Waals surface area contributed by atoms with E-state index in [1.807, 2.05) is 53.8 Å². The topological polar surface area (TPSA) is 72.6 Å². The first-order chi connectivity index (χ1) is 18.5. The highest BCUT2D eigenvalue weighted by molar-refractivity contribution is 7.09. The lowest BCUT2D eigenvalue weighted by atomic mass is 9.86. The third-order valence-corrected chi connectivity index (χ3v) is 8.34. The van der Waals surface area contributed by atoms with Gasteiger partial charge in [0.15, 0.2) is 0 Å². The first-order valence-electron chi connectivity index (χ1n) is 13.9. The van der Waals surface area contributed by atoms with Crippen molar-refractivity contribution in [3.8, 4) is 5.75 Å². The van der Waals surface area contributed by atoms with E-state index >= 15 is 0 Å². The van der Waals surface area contributed by atoms with Crippen LogP contribution in [0.1, 0.15) is 60.6 Å². The summed E-state index contributed by atoms with van der Waals surface area (Å²) >= 11 is 1.83. The number of Topliss-reactive ketones (excluding diaryl/α,β-unsaturated/α-hetero) is 1. The van der Waals surface area contributed by atoms with E-state index in [4.69, 9.17) is 10.5 Å². The summed E-state index contributed by atoms with van der Waals surface area (Å²) in [7, 11) is 0. The molecular formula is C32H40N2O3S. The van der Waals surface area contributed by atoms with Crippen molar-refractivity contribution in [2.75, 3.05) is 13.1 Å². The van der Waals surface area contributed by atoms with E-state index < -0.39 is 6.04 Å². The number of carbonyl (C=O) groups excluding carboxylic acids is 2. The Hall–Kier alpha value is -2.80. The number of nitrogens with two attached hydrogens (primary N) is 1. The van der Waals surface area contributed by atoms with Gasteiger partial charge in [0.2, 0.25) is 0 Å². The first-order valence-corrected chi connectivity index (χ1v) is 14.8. The van der Waals surface area contributed by atoms with E-state index in [1.54, 1.807) is 0 Å². The molecule has 2 atom stereocenters. The van der Waals surface area contributed by atoms with Gasteiger partial charge in [-0.25, -0.2) is 0 Å². The summed E-state index contributed by atoms with van der Waals surface area (Å²) in [6, 6.07) is 20.2. The number of thiophene rings is 1. The summed E-state index contributed by atoms with van der Waals surface area (Å²) in [5.74, 6) is 0.382. The van der Waals surface area contributed by atoms with Crippen LogP contribution in [0.25, 0.3) is 0 Å². The van der Waals surface area contributed by atoms with Gasteiger partial charge in [-0.05, 0) is 85.7 Å². The highest BCUT2D eigenvalue weighted by Gasteiger charge is 2.26. The number of benzene rings is 2. The highest BCUT2D eigenvalue weighted by atomic mass is 32.1. The Morgan fingerprint density at radius 3 is 2.66 bits per heavy atom.